The number of nitrogens with zero attached hydrogens (tertiary/aromatic N) is 1. The minimum absolute atomic E-state index is 0.755. The highest BCUT2D eigenvalue weighted by Crippen LogP contribution is 2.27. The van der Waals surface area contributed by atoms with E-state index in [4.69, 9.17) is 4.74 Å². The molecule has 2 unspecified atom stereocenters. The van der Waals surface area contributed by atoms with Gasteiger partial charge in [-0.3, -0.25) is 5.43 Å². The zero-order valence-electron chi connectivity index (χ0n) is 10.5. The summed E-state index contributed by atoms with van der Waals surface area (Å²) in [5.74, 6) is 1.56. The summed E-state index contributed by atoms with van der Waals surface area (Å²) >= 11 is 0. The Morgan fingerprint density at radius 2 is 2.19 bits per heavy atom. The van der Waals surface area contributed by atoms with Crippen molar-refractivity contribution in [2.75, 3.05) is 32.8 Å². The van der Waals surface area contributed by atoms with E-state index in [2.05, 4.69) is 30.4 Å². The standard InChI is InChI=1S/C13H24N2O/c1-11-7-12(2)9-13(8-11)10-14-15-3-5-16-6-4-15/h7,11,13-14H,3-6,8-10H2,1-2H3. The van der Waals surface area contributed by atoms with Gasteiger partial charge in [0.1, 0.15) is 0 Å². The molecular weight excluding hydrogens is 200 g/mol. The van der Waals surface area contributed by atoms with Crippen LogP contribution in [-0.4, -0.2) is 37.9 Å². The average Bonchev–Trinajstić information content (AvgIpc) is 2.27. The van der Waals surface area contributed by atoms with Crippen LogP contribution < -0.4 is 5.43 Å². The molecule has 3 nitrogen and oxygen atoms in total. The van der Waals surface area contributed by atoms with Gasteiger partial charge in [-0.25, -0.2) is 5.01 Å². The van der Waals surface area contributed by atoms with Gasteiger partial charge in [-0.2, -0.15) is 0 Å². The lowest BCUT2D eigenvalue weighted by Gasteiger charge is -2.31. The highest BCUT2D eigenvalue weighted by molar-refractivity contribution is 5.06. The quantitative estimate of drug-likeness (QED) is 0.740. The van der Waals surface area contributed by atoms with Crippen LogP contribution in [0.1, 0.15) is 26.7 Å². The Hall–Kier alpha value is -0.380. The average molecular weight is 224 g/mol. The van der Waals surface area contributed by atoms with E-state index in [1.165, 1.54) is 12.8 Å². The molecule has 0 aromatic rings. The Labute approximate surface area is 98.8 Å². The summed E-state index contributed by atoms with van der Waals surface area (Å²) in [4.78, 5) is 0. The Kier molecular flexibility index (Phi) is 4.38. The second-order valence-corrected chi connectivity index (χ2v) is 5.26. The van der Waals surface area contributed by atoms with E-state index in [-0.39, 0.29) is 0 Å². The number of hydrogen-bond acceptors (Lipinski definition) is 3. The van der Waals surface area contributed by atoms with E-state index in [1.54, 1.807) is 5.57 Å². The van der Waals surface area contributed by atoms with Crippen molar-refractivity contribution in [3.8, 4) is 0 Å². The summed E-state index contributed by atoms with van der Waals surface area (Å²) in [5.41, 5.74) is 5.12. The summed E-state index contributed by atoms with van der Waals surface area (Å²) in [6.45, 7) is 9.49. The molecule has 1 aliphatic carbocycles. The molecule has 1 aliphatic heterocycles. The van der Waals surface area contributed by atoms with Gasteiger partial charge in [-0.1, -0.05) is 18.6 Å². The predicted octanol–water partition coefficient (Wildman–Crippen LogP) is 1.82. The highest BCUT2D eigenvalue weighted by atomic mass is 16.5. The van der Waals surface area contributed by atoms with Crippen molar-refractivity contribution in [1.29, 1.82) is 0 Å². The molecule has 0 aromatic carbocycles. The van der Waals surface area contributed by atoms with Gasteiger partial charge in [0.25, 0.3) is 0 Å². The fourth-order valence-electron chi connectivity index (χ4n) is 2.82. The van der Waals surface area contributed by atoms with Crippen molar-refractivity contribution >= 4 is 0 Å². The Balaban J connectivity index is 1.71. The van der Waals surface area contributed by atoms with Gasteiger partial charge in [0.2, 0.25) is 0 Å². The largest absolute Gasteiger partial charge is 0.379 e. The fourth-order valence-corrected chi connectivity index (χ4v) is 2.82. The van der Waals surface area contributed by atoms with E-state index in [9.17, 15) is 0 Å². The third-order valence-electron chi connectivity index (χ3n) is 3.50. The Morgan fingerprint density at radius 3 is 2.88 bits per heavy atom. The van der Waals surface area contributed by atoms with Crippen molar-refractivity contribution in [2.24, 2.45) is 11.8 Å². The maximum absolute atomic E-state index is 5.33. The van der Waals surface area contributed by atoms with Gasteiger partial charge < -0.3 is 4.74 Å². The highest BCUT2D eigenvalue weighted by Gasteiger charge is 2.19. The molecule has 0 saturated carbocycles. The van der Waals surface area contributed by atoms with Crippen molar-refractivity contribution in [3.63, 3.8) is 0 Å². The molecule has 2 aliphatic rings. The second kappa shape index (κ2) is 5.80. The van der Waals surface area contributed by atoms with Crippen LogP contribution in [0.5, 0.6) is 0 Å². The maximum Gasteiger partial charge on any atom is 0.0608 e. The first-order valence-corrected chi connectivity index (χ1v) is 6.47. The summed E-state index contributed by atoms with van der Waals surface area (Å²) in [6.07, 6.45) is 5.02. The molecule has 2 rings (SSSR count). The van der Waals surface area contributed by atoms with Crippen LogP contribution in [0.2, 0.25) is 0 Å². The molecule has 2 atom stereocenters. The number of hydrogen-bond donors (Lipinski definition) is 1. The van der Waals surface area contributed by atoms with Gasteiger partial charge in [-0.15, -0.1) is 0 Å². The molecule has 0 bridgehead atoms. The van der Waals surface area contributed by atoms with E-state index >= 15 is 0 Å². The zero-order chi connectivity index (χ0) is 11.4. The number of rotatable bonds is 3. The van der Waals surface area contributed by atoms with Crippen LogP contribution in [0.15, 0.2) is 11.6 Å². The molecule has 1 N–H and O–H groups in total. The minimum atomic E-state index is 0.755. The molecule has 92 valence electrons. The third-order valence-corrected chi connectivity index (χ3v) is 3.50. The fraction of sp³-hybridized carbons (Fsp3) is 0.846. The van der Waals surface area contributed by atoms with Crippen LogP contribution in [0.25, 0.3) is 0 Å². The lowest BCUT2D eigenvalue weighted by molar-refractivity contribution is 0.00869. The second-order valence-electron chi connectivity index (χ2n) is 5.26. The summed E-state index contributed by atoms with van der Waals surface area (Å²) < 4.78 is 5.33. The first-order chi connectivity index (χ1) is 7.74. The molecule has 16 heavy (non-hydrogen) atoms. The monoisotopic (exact) mass is 224 g/mol. The van der Waals surface area contributed by atoms with Crippen molar-refractivity contribution < 1.29 is 4.74 Å². The molecule has 1 fully saturated rings. The Bertz CT molecular complexity index is 246. The molecule has 0 radical (unpaired) electrons. The maximum atomic E-state index is 5.33. The van der Waals surface area contributed by atoms with Crippen LogP contribution in [-0.2, 0) is 4.74 Å². The number of hydrazine groups is 1. The van der Waals surface area contributed by atoms with Crippen molar-refractivity contribution in [3.05, 3.63) is 11.6 Å². The molecule has 0 amide bonds. The molecule has 1 heterocycles. The number of morpholine rings is 1. The Morgan fingerprint density at radius 1 is 1.44 bits per heavy atom. The van der Waals surface area contributed by atoms with E-state index in [0.717, 1.165) is 44.7 Å². The van der Waals surface area contributed by atoms with Gasteiger partial charge in [0.05, 0.1) is 13.2 Å². The minimum Gasteiger partial charge on any atom is -0.379 e. The molecule has 1 saturated heterocycles. The van der Waals surface area contributed by atoms with E-state index in [1.807, 2.05) is 0 Å². The number of allylic oxidation sites excluding steroid dienone is 2. The number of nitrogens with one attached hydrogen (secondary N) is 1. The normalized spacial score (nSPS) is 32.5. The van der Waals surface area contributed by atoms with Crippen molar-refractivity contribution in [1.82, 2.24) is 10.4 Å². The van der Waals surface area contributed by atoms with Gasteiger partial charge >= 0.3 is 0 Å². The van der Waals surface area contributed by atoms with Gasteiger partial charge in [0, 0.05) is 19.6 Å². The number of ether oxygens (including phenoxy) is 1. The summed E-state index contributed by atoms with van der Waals surface area (Å²) in [7, 11) is 0. The van der Waals surface area contributed by atoms with Crippen LogP contribution >= 0.6 is 0 Å². The van der Waals surface area contributed by atoms with Gasteiger partial charge in [-0.05, 0) is 31.6 Å². The predicted molar refractivity (Wildman–Crippen MR) is 66.0 cm³/mol. The van der Waals surface area contributed by atoms with E-state index < -0.39 is 0 Å². The molecule has 0 spiro atoms. The summed E-state index contributed by atoms with van der Waals surface area (Å²) in [5, 5.41) is 2.31. The zero-order valence-corrected chi connectivity index (χ0v) is 10.5. The van der Waals surface area contributed by atoms with Crippen LogP contribution in [0.4, 0.5) is 0 Å². The van der Waals surface area contributed by atoms with Crippen molar-refractivity contribution in [2.45, 2.75) is 26.7 Å². The molecule has 3 heteroatoms. The smallest absolute Gasteiger partial charge is 0.0608 e. The SMILES string of the molecule is CC1=CC(C)CC(CNN2CCOCC2)C1. The molecule has 0 aromatic heterocycles. The molecular formula is C13H24N2O. The topological polar surface area (TPSA) is 24.5 Å². The third kappa shape index (κ3) is 3.58. The first kappa shape index (κ1) is 12.1. The summed E-state index contributed by atoms with van der Waals surface area (Å²) in [6, 6.07) is 0. The van der Waals surface area contributed by atoms with E-state index in [0.29, 0.717) is 0 Å². The first-order valence-electron chi connectivity index (χ1n) is 6.47. The van der Waals surface area contributed by atoms with Crippen LogP contribution in [0.3, 0.4) is 0 Å². The lowest BCUT2D eigenvalue weighted by Crippen LogP contribution is -2.47. The van der Waals surface area contributed by atoms with Gasteiger partial charge in [0.15, 0.2) is 0 Å². The lowest BCUT2D eigenvalue weighted by atomic mass is 9.84. The van der Waals surface area contributed by atoms with Crippen LogP contribution in [0, 0.1) is 11.8 Å².